The van der Waals surface area contributed by atoms with Crippen LogP contribution in [0.4, 0.5) is 0 Å². The molecular weight excluding hydrogens is 336 g/mol. The van der Waals surface area contributed by atoms with Crippen LogP contribution in [0.1, 0.15) is 0 Å². The number of hydrogen-bond donors (Lipinski definition) is 0. The van der Waals surface area contributed by atoms with Gasteiger partial charge in [0.2, 0.25) is 0 Å². The fourth-order valence-corrected chi connectivity index (χ4v) is 4.41. The van der Waals surface area contributed by atoms with Gasteiger partial charge in [0.25, 0.3) is 0 Å². The number of benzene rings is 6. The standard InChI is InChI=1S/C28H17/c1-2-6-19(7-3-1)23-10-5-11-24(18-23)25-16-14-22-13-12-20-8-4-9-21-15-17-26(25)28(22)27(20)21/h1-9,11-18H. The molecular formula is C28H17. The molecule has 0 spiro atoms. The maximum Gasteiger partial charge on any atom is -0.00206 e. The lowest BCUT2D eigenvalue weighted by molar-refractivity contribution is 1.60. The molecule has 0 saturated heterocycles. The van der Waals surface area contributed by atoms with E-state index in [9.17, 15) is 0 Å². The molecule has 6 rings (SSSR count). The zero-order chi connectivity index (χ0) is 18.5. The summed E-state index contributed by atoms with van der Waals surface area (Å²) < 4.78 is 0. The van der Waals surface area contributed by atoms with E-state index in [0.717, 1.165) is 5.56 Å². The van der Waals surface area contributed by atoms with E-state index in [0.29, 0.717) is 0 Å². The molecule has 0 saturated carbocycles. The first-order valence-corrected chi connectivity index (χ1v) is 9.62. The fraction of sp³-hybridized carbons (Fsp3) is 0. The van der Waals surface area contributed by atoms with Gasteiger partial charge in [0.05, 0.1) is 0 Å². The van der Waals surface area contributed by atoms with Crippen LogP contribution in [0.3, 0.4) is 0 Å². The molecule has 0 atom stereocenters. The Morgan fingerprint density at radius 3 is 2.04 bits per heavy atom. The third kappa shape index (κ3) is 2.25. The summed E-state index contributed by atoms with van der Waals surface area (Å²) in [5.41, 5.74) is 4.83. The fourth-order valence-electron chi connectivity index (χ4n) is 4.41. The summed E-state index contributed by atoms with van der Waals surface area (Å²) in [5.74, 6) is 0. The van der Waals surface area contributed by atoms with E-state index < -0.39 is 0 Å². The lowest BCUT2D eigenvalue weighted by atomic mass is 9.89. The summed E-state index contributed by atoms with van der Waals surface area (Å²) in [4.78, 5) is 0. The van der Waals surface area contributed by atoms with Gasteiger partial charge >= 0.3 is 0 Å². The summed E-state index contributed by atoms with van der Waals surface area (Å²) in [6, 6.07) is 40.4. The summed E-state index contributed by atoms with van der Waals surface area (Å²) in [5, 5.41) is 7.95. The second-order valence-electron chi connectivity index (χ2n) is 7.33. The predicted molar refractivity (Wildman–Crippen MR) is 120 cm³/mol. The van der Waals surface area contributed by atoms with E-state index in [1.54, 1.807) is 0 Å². The zero-order valence-corrected chi connectivity index (χ0v) is 15.3. The largest absolute Gasteiger partial charge is 0.0622 e. The van der Waals surface area contributed by atoms with Gasteiger partial charge in [0.15, 0.2) is 0 Å². The summed E-state index contributed by atoms with van der Waals surface area (Å²) >= 11 is 0. The maximum absolute atomic E-state index is 3.39. The van der Waals surface area contributed by atoms with E-state index in [2.05, 4.69) is 97.1 Å². The van der Waals surface area contributed by atoms with Gasteiger partial charge in [-0.25, -0.2) is 0 Å². The minimum atomic E-state index is 1.13. The zero-order valence-electron chi connectivity index (χ0n) is 15.3. The van der Waals surface area contributed by atoms with E-state index in [-0.39, 0.29) is 0 Å². The molecule has 0 bridgehead atoms. The Balaban J connectivity index is 1.65. The highest BCUT2D eigenvalue weighted by molar-refractivity contribution is 6.25. The van der Waals surface area contributed by atoms with Gasteiger partial charge in [0.1, 0.15) is 0 Å². The summed E-state index contributed by atoms with van der Waals surface area (Å²) in [6.45, 7) is 0. The van der Waals surface area contributed by atoms with Crippen LogP contribution in [0, 0.1) is 6.07 Å². The molecule has 0 nitrogen and oxygen atoms in total. The molecule has 28 heavy (non-hydrogen) atoms. The highest BCUT2D eigenvalue weighted by Gasteiger charge is 2.12. The summed E-state index contributed by atoms with van der Waals surface area (Å²) in [6.07, 6.45) is 0. The van der Waals surface area contributed by atoms with Crippen molar-refractivity contribution in [3.05, 3.63) is 109 Å². The van der Waals surface area contributed by atoms with Crippen LogP contribution in [0.5, 0.6) is 0 Å². The summed E-state index contributed by atoms with van der Waals surface area (Å²) in [7, 11) is 0. The lowest BCUT2D eigenvalue weighted by Gasteiger charge is -2.14. The topological polar surface area (TPSA) is 0 Å². The van der Waals surface area contributed by atoms with Crippen LogP contribution in [-0.2, 0) is 0 Å². The second-order valence-corrected chi connectivity index (χ2v) is 7.33. The Morgan fingerprint density at radius 2 is 1.21 bits per heavy atom. The van der Waals surface area contributed by atoms with Gasteiger partial charge in [-0.2, -0.15) is 0 Å². The van der Waals surface area contributed by atoms with Crippen LogP contribution in [-0.4, -0.2) is 0 Å². The first-order valence-electron chi connectivity index (χ1n) is 9.62. The van der Waals surface area contributed by atoms with Gasteiger partial charge in [0, 0.05) is 0 Å². The molecule has 6 aromatic carbocycles. The van der Waals surface area contributed by atoms with Crippen molar-refractivity contribution in [3.8, 4) is 22.3 Å². The van der Waals surface area contributed by atoms with Crippen molar-refractivity contribution in [2.75, 3.05) is 0 Å². The molecule has 0 unspecified atom stereocenters. The number of hydrogen-bond acceptors (Lipinski definition) is 0. The van der Waals surface area contributed by atoms with Gasteiger partial charge in [-0.05, 0) is 66.7 Å². The van der Waals surface area contributed by atoms with Gasteiger partial charge in [-0.3, -0.25) is 0 Å². The second kappa shape index (κ2) is 5.94. The van der Waals surface area contributed by atoms with Crippen LogP contribution < -0.4 is 0 Å². The molecule has 0 fully saturated rings. The molecule has 0 heteroatoms. The van der Waals surface area contributed by atoms with Crippen LogP contribution in [0.15, 0.2) is 103 Å². The molecule has 0 aliphatic carbocycles. The Bertz CT molecular complexity index is 1430. The van der Waals surface area contributed by atoms with Crippen molar-refractivity contribution in [3.63, 3.8) is 0 Å². The van der Waals surface area contributed by atoms with E-state index in [1.807, 2.05) is 12.1 Å². The van der Waals surface area contributed by atoms with E-state index in [4.69, 9.17) is 0 Å². The molecule has 0 aliphatic rings. The van der Waals surface area contributed by atoms with E-state index in [1.165, 1.54) is 49.0 Å². The lowest BCUT2D eigenvalue weighted by Crippen LogP contribution is -1.87. The van der Waals surface area contributed by atoms with Crippen molar-refractivity contribution in [2.24, 2.45) is 0 Å². The first-order chi connectivity index (χ1) is 13.9. The molecule has 0 aliphatic heterocycles. The Labute approximate surface area is 164 Å². The molecule has 0 aromatic heterocycles. The Hall–Kier alpha value is -3.64. The molecule has 1 radical (unpaired) electrons. The minimum Gasteiger partial charge on any atom is -0.0622 e. The average Bonchev–Trinajstić information content (AvgIpc) is 2.78. The maximum atomic E-state index is 3.39. The third-order valence-corrected chi connectivity index (χ3v) is 5.73. The van der Waals surface area contributed by atoms with Crippen LogP contribution >= 0.6 is 0 Å². The molecule has 129 valence electrons. The monoisotopic (exact) mass is 353 g/mol. The van der Waals surface area contributed by atoms with Crippen molar-refractivity contribution in [2.45, 2.75) is 0 Å². The molecule has 0 heterocycles. The third-order valence-electron chi connectivity index (χ3n) is 5.73. The molecule has 0 N–H and O–H groups in total. The predicted octanol–water partition coefficient (Wildman–Crippen LogP) is 7.72. The van der Waals surface area contributed by atoms with Gasteiger partial charge in [-0.15, -0.1) is 0 Å². The minimum absolute atomic E-state index is 1.13. The number of rotatable bonds is 2. The SMILES string of the molecule is [c]1ccc(-c2ccc3ccc4cccc5ccc2c3c45)cc1-c1ccccc1. The van der Waals surface area contributed by atoms with Crippen molar-refractivity contribution < 1.29 is 0 Å². The van der Waals surface area contributed by atoms with Crippen molar-refractivity contribution >= 4 is 32.3 Å². The van der Waals surface area contributed by atoms with Crippen LogP contribution in [0.2, 0.25) is 0 Å². The average molecular weight is 353 g/mol. The van der Waals surface area contributed by atoms with E-state index >= 15 is 0 Å². The smallest absolute Gasteiger partial charge is 0.00206 e. The molecule has 0 amide bonds. The highest BCUT2D eigenvalue weighted by atomic mass is 14.2. The van der Waals surface area contributed by atoms with Gasteiger partial charge in [-0.1, -0.05) is 97.1 Å². The quantitative estimate of drug-likeness (QED) is 0.280. The first kappa shape index (κ1) is 15.4. The normalized spacial score (nSPS) is 11.6. The molecule has 6 aromatic rings. The van der Waals surface area contributed by atoms with Crippen molar-refractivity contribution in [1.29, 1.82) is 0 Å². The van der Waals surface area contributed by atoms with Gasteiger partial charge < -0.3 is 0 Å². The highest BCUT2D eigenvalue weighted by Crippen LogP contribution is 2.39. The van der Waals surface area contributed by atoms with Crippen molar-refractivity contribution in [1.82, 2.24) is 0 Å². The Kier molecular flexibility index (Phi) is 3.27. The Morgan fingerprint density at radius 1 is 0.500 bits per heavy atom. The van der Waals surface area contributed by atoms with Crippen LogP contribution in [0.25, 0.3) is 54.6 Å².